The summed E-state index contributed by atoms with van der Waals surface area (Å²) in [5, 5.41) is 5.47. The molecule has 0 saturated carbocycles. The summed E-state index contributed by atoms with van der Waals surface area (Å²) in [6.07, 6.45) is 5.07. The average Bonchev–Trinajstić information content (AvgIpc) is 3.35. The van der Waals surface area contributed by atoms with Crippen molar-refractivity contribution in [1.82, 2.24) is 0 Å². The van der Waals surface area contributed by atoms with E-state index in [9.17, 15) is 0 Å². The van der Waals surface area contributed by atoms with Gasteiger partial charge in [-0.05, 0) is 128 Å². The molecule has 0 amide bonds. The zero-order valence-electron chi connectivity index (χ0n) is 36.7. The smallest absolute Gasteiger partial charge is 0.0464 e. The van der Waals surface area contributed by atoms with Gasteiger partial charge in [-0.3, -0.25) is 0 Å². The van der Waals surface area contributed by atoms with Crippen LogP contribution in [-0.4, -0.2) is 0 Å². The molecule has 1 atom stereocenters. The second kappa shape index (κ2) is 17.7. The van der Waals surface area contributed by atoms with Crippen LogP contribution in [0.5, 0.6) is 0 Å². The summed E-state index contributed by atoms with van der Waals surface area (Å²) in [6, 6.07) is 78.9. The highest BCUT2D eigenvalue weighted by atomic mass is 15.1. The van der Waals surface area contributed by atoms with E-state index in [4.69, 9.17) is 0 Å². The third-order valence-corrected chi connectivity index (χ3v) is 13.8. The maximum atomic E-state index is 2.48. The molecule has 9 rings (SSSR count). The van der Waals surface area contributed by atoms with Crippen LogP contribution < -0.4 is 4.90 Å². The molecule has 0 fully saturated rings. The fraction of sp³-hybridized carbons (Fsp3) is 0.180. The van der Waals surface area contributed by atoms with E-state index in [2.05, 4.69) is 245 Å². The molecule has 0 aliphatic heterocycles. The van der Waals surface area contributed by atoms with Gasteiger partial charge in [0, 0.05) is 27.9 Å². The number of nitrogens with zero attached hydrogens (tertiary/aromatic N) is 1. The van der Waals surface area contributed by atoms with E-state index in [-0.39, 0.29) is 10.8 Å². The van der Waals surface area contributed by atoms with Crippen LogP contribution in [0.15, 0.2) is 212 Å². The van der Waals surface area contributed by atoms with E-state index in [1.807, 2.05) is 0 Å². The fourth-order valence-electron chi connectivity index (χ4n) is 10.7. The van der Waals surface area contributed by atoms with Crippen molar-refractivity contribution >= 4 is 38.6 Å². The van der Waals surface area contributed by atoms with E-state index in [0.29, 0.717) is 0 Å². The zero-order valence-corrected chi connectivity index (χ0v) is 36.7. The van der Waals surface area contributed by atoms with E-state index in [0.717, 1.165) is 43.5 Å². The summed E-state index contributed by atoms with van der Waals surface area (Å²) in [5.41, 5.74) is 13.7. The zero-order chi connectivity index (χ0) is 42.5. The lowest BCUT2D eigenvalue weighted by atomic mass is 9.63. The molecule has 0 aromatic heterocycles. The van der Waals surface area contributed by atoms with Crippen LogP contribution in [0.25, 0.3) is 43.8 Å². The molecule has 1 heteroatoms. The molecular formula is C61H57N. The summed E-state index contributed by atoms with van der Waals surface area (Å²) < 4.78 is 0. The van der Waals surface area contributed by atoms with Gasteiger partial charge in [0.2, 0.25) is 0 Å². The van der Waals surface area contributed by atoms with E-state index < -0.39 is 0 Å². The topological polar surface area (TPSA) is 3.24 Å². The van der Waals surface area contributed by atoms with Gasteiger partial charge in [0.1, 0.15) is 0 Å². The number of rotatable bonds is 14. The number of benzene rings is 9. The van der Waals surface area contributed by atoms with Gasteiger partial charge in [0.15, 0.2) is 0 Å². The Balaban J connectivity index is 1.21. The Morgan fingerprint density at radius 3 is 1.13 bits per heavy atom. The van der Waals surface area contributed by atoms with Gasteiger partial charge >= 0.3 is 0 Å². The second-order valence-corrected chi connectivity index (χ2v) is 16.9. The first-order valence-corrected chi connectivity index (χ1v) is 22.8. The maximum Gasteiger partial charge on any atom is 0.0464 e. The molecule has 306 valence electrons. The van der Waals surface area contributed by atoms with Gasteiger partial charge in [-0.2, -0.15) is 0 Å². The van der Waals surface area contributed by atoms with Crippen LogP contribution >= 0.6 is 0 Å². The van der Waals surface area contributed by atoms with E-state index >= 15 is 0 Å². The van der Waals surface area contributed by atoms with Gasteiger partial charge in [-0.1, -0.05) is 210 Å². The Bertz CT molecular complexity index is 2800. The van der Waals surface area contributed by atoms with Crippen molar-refractivity contribution in [2.75, 3.05) is 4.90 Å². The van der Waals surface area contributed by atoms with Crippen molar-refractivity contribution < 1.29 is 0 Å². The van der Waals surface area contributed by atoms with Crippen LogP contribution in [-0.2, 0) is 10.8 Å². The molecule has 0 N–H and O–H groups in total. The van der Waals surface area contributed by atoms with Gasteiger partial charge < -0.3 is 4.90 Å². The van der Waals surface area contributed by atoms with Crippen LogP contribution in [0.3, 0.4) is 0 Å². The normalized spacial score (nSPS) is 12.6. The Hall–Kier alpha value is -6.70. The van der Waals surface area contributed by atoms with Crippen molar-refractivity contribution in [1.29, 1.82) is 0 Å². The van der Waals surface area contributed by atoms with Crippen molar-refractivity contribution in [3.63, 3.8) is 0 Å². The molecule has 0 aliphatic rings. The van der Waals surface area contributed by atoms with Gasteiger partial charge in [-0.15, -0.1) is 0 Å². The summed E-state index contributed by atoms with van der Waals surface area (Å²) >= 11 is 0. The molecule has 1 unspecified atom stereocenters. The molecule has 0 spiro atoms. The number of anilines is 3. The summed E-state index contributed by atoms with van der Waals surface area (Å²) in [7, 11) is 0. The predicted molar refractivity (Wildman–Crippen MR) is 267 cm³/mol. The quantitative estimate of drug-likeness (QED) is 0.0990. The van der Waals surface area contributed by atoms with Crippen LogP contribution in [0.1, 0.15) is 82.1 Å². The Morgan fingerprint density at radius 2 is 0.694 bits per heavy atom. The number of fused-ring (bicyclic) bond motifs is 2. The van der Waals surface area contributed by atoms with Crippen LogP contribution in [0.2, 0.25) is 0 Å². The van der Waals surface area contributed by atoms with Crippen molar-refractivity contribution in [2.45, 2.75) is 70.6 Å². The molecule has 0 aliphatic carbocycles. The second-order valence-electron chi connectivity index (χ2n) is 16.9. The lowest BCUT2D eigenvalue weighted by molar-refractivity contribution is 0.456. The molecule has 9 aromatic carbocycles. The van der Waals surface area contributed by atoms with E-state index in [1.54, 1.807) is 0 Å². The first-order valence-electron chi connectivity index (χ1n) is 22.8. The maximum absolute atomic E-state index is 2.48. The van der Waals surface area contributed by atoms with Gasteiger partial charge in [0.25, 0.3) is 0 Å². The first-order chi connectivity index (χ1) is 30.5. The summed E-state index contributed by atoms with van der Waals surface area (Å²) in [4.78, 5) is 2.40. The van der Waals surface area contributed by atoms with Gasteiger partial charge in [-0.25, -0.2) is 0 Å². The molecule has 0 heterocycles. The minimum atomic E-state index is -0.236. The Labute approximate surface area is 369 Å². The van der Waals surface area contributed by atoms with E-state index in [1.165, 1.54) is 71.7 Å². The lowest BCUT2D eigenvalue weighted by Crippen LogP contribution is -2.30. The first kappa shape index (κ1) is 40.7. The molecule has 0 bridgehead atoms. The Morgan fingerprint density at radius 1 is 0.323 bits per heavy atom. The lowest BCUT2D eigenvalue weighted by Gasteiger charge is -2.40. The molecule has 9 aromatic rings. The standard InChI is InChI=1S/C61H57N/c1-5-43-61(8-4,50-25-22-30-53(44-50)62(51-26-14-10-15-27-51)52-28-16-11-17-29-52)59-56-33-20-18-31-54(56)58(55-32-19-21-34-57(55)59)60(6-2,7-3)49-41-39-48(40-42-49)47-37-35-46(36-38-47)45-23-12-9-13-24-45/h9-42,44H,5-8,43H2,1-4H3. The number of hydrogen-bond acceptors (Lipinski definition) is 1. The monoisotopic (exact) mass is 803 g/mol. The largest absolute Gasteiger partial charge is 0.310 e. The molecule has 0 radical (unpaired) electrons. The summed E-state index contributed by atoms with van der Waals surface area (Å²) in [5.74, 6) is 0. The minimum Gasteiger partial charge on any atom is -0.310 e. The highest BCUT2D eigenvalue weighted by Gasteiger charge is 2.39. The van der Waals surface area contributed by atoms with Crippen LogP contribution in [0, 0.1) is 0 Å². The third-order valence-electron chi connectivity index (χ3n) is 13.8. The van der Waals surface area contributed by atoms with Gasteiger partial charge in [0.05, 0.1) is 0 Å². The van der Waals surface area contributed by atoms with Crippen molar-refractivity contribution in [2.24, 2.45) is 0 Å². The highest BCUT2D eigenvalue weighted by molar-refractivity contribution is 6.08. The SMILES string of the molecule is CCCC(CC)(c1cccc(N(c2ccccc2)c2ccccc2)c1)c1c2ccccc2c(C(CC)(CC)c2ccc(-c3ccc(-c4ccccc4)cc3)cc2)c2ccccc12. The average molecular weight is 804 g/mol. The molecule has 1 nitrogen and oxygen atoms in total. The van der Waals surface area contributed by atoms with Crippen molar-refractivity contribution in [3.05, 3.63) is 235 Å². The minimum absolute atomic E-state index is 0.196. The van der Waals surface area contributed by atoms with Crippen molar-refractivity contribution in [3.8, 4) is 22.3 Å². The highest BCUT2D eigenvalue weighted by Crippen LogP contribution is 2.53. The number of hydrogen-bond donors (Lipinski definition) is 0. The third kappa shape index (κ3) is 7.20. The molecular weight excluding hydrogens is 747 g/mol. The molecule has 0 saturated heterocycles. The fourth-order valence-corrected chi connectivity index (χ4v) is 10.7. The number of para-hydroxylation sites is 2. The molecule has 62 heavy (non-hydrogen) atoms. The van der Waals surface area contributed by atoms with Crippen LogP contribution in [0.4, 0.5) is 17.1 Å². The summed E-state index contributed by atoms with van der Waals surface area (Å²) in [6.45, 7) is 9.54. The predicted octanol–water partition coefficient (Wildman–Crippen LogP) is 17.4. The Kier molecular flexibility index (Phi) is 11.6.